The molecule has 0 amide bonds. The lowest BCUT2D eigenvalue weighted by Gasteiger charge is -2.02. The maximum absolute atomic E-state index is 5.92. The molecule has 4 rings (SSSR count). The highest BCUT2D eigenvalue weighted by molar-refractivity contribution is 7.14. The van der Waals surface area contributed by atoms with Crippen LogP contribution in [0.4, 0.5) is 5.13 Å². The van der Waals surface area contributed by atoms with Crippen molar-refractivity contribution in [2.24, 2.45) is 5.10 Å². The second-order valence-electron chi connectivity index (χ2n) is 6.19. The zero-order valence-corrected chi connectivity index (χ0v) is 15.5. The molecule has 0 saturated heterocycles. The van der Waals surface area contributed by atoms with Crippen LogP contribution in [0.2, 0.25) is 5.02 Å². The van der Waals surface area contributed by atoms with Gasteiger partial charge in [-0.05, 0) is 61.1 Å². The molecule has 5 heteroatoms. The number of fused-ring (bicyclic) bond motifs is 1. The van der Waals surface area contributed by atoms with E-state index in [1.165, 1.54) is 36.0 Å². The topological polar surface area (TPSA) is 37.3 Å². The quantitative estimate of drug-likeness (QED) is 0.468. The summed E-state index contributed by atoms with van der Waals surface area (Å²) in [7, 11) is 0. The lowest BCUT2D eigenvalue weighted by molar-refractivity contribution is 0.912. The fourth-order valence-electron chi connectivity index (χ4n) is 3.08. The molecule has 3 nitrogen and oxygen atoms in total. The summed E-state index contributed by atoms with van der Waals surface area (Å²) in [6, 6.07) is 14.3. The summed E-state index contributed by atoms with van der Waals surface area (Å²) in [5, 5.41) is 8.03. The van der Waals surface area contributed by atoms with Crippen LogP contribution in [-0.2, 0) is 12.8 Å². The predicted molar refractivity (Wildman–Crippen MR) is 107 cm³/mol. The van der Waals surface area contributed by atoms with E-state index in [0.29, 0.717) is 0 Å². The van der Waals surface area contributed by atoms with E-state index in [9.17, 15) is 0 Å². The van der Waals surface area contributed by atoms with Crippen molar-refractivity contribution in [3.63, 3.8) is 0 Å². The highest BCUT2D eigenvalue weighted by Crippen LogP contribution is 2.30. The molecule has 0 atom stereocenters. The lowest BCUT2D eigenvalue weighted by Crippen LogP contribution is -1.99. The Kier molecular flexibility index (Phi) is 4.55. The Balaban J connectivity index is 1.50. The molecule has 0 radical (unpaired) electrons. The number of aryl methyl sites for hydroxylation is 2. The predicted octanol–water partition coefficient (Wildman–Crippen LogP) is 5.79. The Hall–Kier alpha value is -2.17. The van der Waals surface area contributed by atoms with Gasteiger partial charge < -0.3 is 0 Å². The minimum Gasteiger partial charge on any atom is -0.252 e. The SMILES string of the molecule is C/C(=N\Nc1nc(-c2ccc3c(c2)CCC3)cs1)c1ccc(Cl)cc1. The molecule has 1 heterocycles. The average Bonchev–Trinajstić information content (AvgIpc) is 3.28. The minimum atomic E-state index is 0.725. The molecule has 0 unspecified atom stereocenters. The van der Waals surface area contributed by atoms with Gasteiger partial charge in [-0.2, -0.15) is 5.10 Å². The third kappa shape index (κ3) is 3.60. The van der Waals surface area contributed by atoms with Crippen molar-refractivity contribution >= 4 is 33.8 Å². The fourth-order valence-corrected chi connectivity index (χ4v) is 3.86. The van der Waals surface area contributed by atoms with Gasteiger partial charge in [-0.25, -0.2) is 4.98 Å². The van der Waals surface area contributed by atoms with E-state index in [-0.39, 0.29) is 0 Å². The van der Waals surface area contributed by atoms with Crippen LogP contribution in [0.3, 0.4) is 0 Å². The van der Waals surface area contributed by atoms with E-state index >= 15 is 0 Å². The molecule has 0 bridgehead atoms. The van der Waals surface area contributed by atoms with E-state index < -0.39 is 0 Å². The van der Waals surface area contributed by atoms with Crippen molar-refractivity contribution in [3.8, 4) is 11.3 Å². The van der Waals surface area contributed by atoms with Crippen LogP contribution in [0.1, 0.15) is 30.0 Å². The van der Waals surface area contributed by atoms with Crippen LogP contribution in [0, 0.1) is 0 Å². The number of hydrazone groups is 1. The van der Waals surface area contributed by atoms with E-state index in [4.69, 9.17) is 11.6 Å². The Morgan fingerprint density at radius 2 is 1.92 bits per heavy atom. The third-order valence-electron chi connectivity index (χ3n) is 4.48. The van der Waals surface area contributed by atoms with E-state index in [1.54, 1.807) is 11.3 Å². The van der Waals surface area contributed by atoms with Gasteiger partial charge in [-0.15, -0.1) is 11.3 Å². The van der Waals surface area contributed by atoms with Crippen LogP contribution in [0.5, 0.6) is 0 Å². The second-order valence-corrected chi connectivity index (χ2v) is 7.49. The van der Waals surface area contributed by atoms with Gasteiger partial charge in [0.2, 0.25) is 5.13 Å². The summed E-state index contributed by atoms with van der Waals surface area (Å²) < 4.78 is 0. The number of nitrogens with one attached hydrogen (secondary N) is 1. The van der Waals surface area contributed by atoms with E-state index in [2.05, 4.69) is 39.1 Å². The molecule has 0 fully saturated rings. The summed E-state index contributed by atoms with van der Waals surface area (Å²) in [6.45, 7) is 1.96. The lowest BCUT2D eigenvalue weighted by atomic mass is 10.1. The first kappa shape index (κ1) is 16.3. The number of halogens is 1. The van der Waals surface area contributed by atoms with Crippen LogP contribution in [-0.4, -0.2) is 10.7 Å². The van der Waals surface area contributed by atoms with Crippen LogP contribution in [0.15, 0.2) is 52.9 Å². The highest BCUT2D eigenvalue weighted by atomic mass is 35.5. The molecular formula is C20H18ClN3S. The number of hydrogen-bond donors (Lipinski definition) is 1. The standard InChI is InChI=1S/C20H18ClN3S/c1-13(14-7-9-18(21)10-8-14)23-24-20-22-19(12-25-20)17-6-5-15-3-2-4-16(15)11-17/h5-12H,2-4H2,1H3,(H,22,24)/b23-13+. The number of nitrogens with zero attached hydrogens (tertiary/aromatic N) is 2. The van der Waals surface area contributed by atoms with E-state index in [0.717, 1.165) is 27.1 Å². The van der Waals surface area contributed by atoms with Crippen molar-refractivity contribution in [2.45, 2.75) is 26.2 Å². The minimum absolute atomic E-state index is 0.725. The third-order valence-corrected chi connectivity index (χ3v) is 5.48. The number of aromatic nitrogens is 1. The highest BCUT2D eigenvalue weighted by Gasteiger charge is 2.12. The van der Waals surface area contributed by atoms with Gasteiger partial charge >= 0.3 is 0 Å². The van der Waals surface area contributed by atoms with Crippen LogP contribution >= 0.6 is 22.9 Å². The summed E-state index contributed by atoms with van der Waals surface area (Å²) in [5.74, 6) is 0. The van der Waals surface area contributed by atoms with Gasteiger partial charge in [-0.3, -0.25) is 5.43 Å². The summed E-state index contributed by atoms with van der Waals surface area (Å²) in [4.78, 5) is 4.66. The molecule has 0 spiro atoms. The van der Waals surface area contributed by atoms with Gasteiger partial charge in [0.25, 0.3) is 0 Å². The second kappa shape index (κ2) is 6.98. The smallest absolute Gasteiger partial charge is 0.203 e. The van der Waals surface area contributed by atoms with Gasteiger partial charge in [0.15, 0.2) is 0 Å². The van der Waals surface area contributed by atoms with Gasteiger partial charge in [0.1, 0.15) is 0 Å². The zero-order chi connectivity index (χ0) is 17.2. The Morgan fingerprint density at radius 3 is 2.76 bits per heavy atom. The molecule has 126 valence electrons. The van der Waals surface area contributed by atoms with Crippen molar-refractivity contribution in [3.05, 3.63) is 69.6 Å². The van der Waals surface area contributed by atoms with Crippen LogP contribution in [0.25, 0.3) is 11.3 Å². The molecule has 3 aromatic rings. The monoisotopic (exact) mass is 367 g/mol. The maximum atomic E-state index is 5.92. The molecule has 0 saturated carbocycles. The first-order valence-electron chi connectivity index (χ1n) is 8.33. The first-order valence-corrected chi connectivity index (χ1v) is 9.59. The maximum Gasteiger partial charge on any atom is 0.203 e. The van der Waals surface area contributed by atoms with Crippen molar-refractivity contribution in [2.75, 3.05) is 5.43 Å². The Labute approximate surface area is 156 Å². The van der Waals surface area contributed by atoms with Crippen LogP contribution < -0.4 is 5.43 Å². The first-order chi connectivity index (χ1) is 12.2. The average molecular weight is 368 g/mol. The van der Waals surface area contributed by atoms with Gasteiger partial charge in [0.05, 0.1) is 11.4 Å². The normalized spacial score (nSPS) is 13.8. The van der Waals surface area contributed by atoms with Gasteiger partial charge in [-0.1, -0.05) is 35.9 Å². The van der Waals surface area contributed by atoms with Crippen molar-refractivity contribution < 1.29 is 0 Å². The number of hydrogen-bond acceptors (Lipinski definition) is 4. The molecule has 0 aliphatic heterocycles. The fraction of sp³-hybridized carbons (Fsp3) is 0.200. The Morgan fingerprint density at radius 1 is 1.12 bits per heavy atom. The molecule has 1 aromatic heterocycles. The number of benzene rings is 2. The Bertz CT molecular complexity index is 928. The number of anilines is 1. The molecule has 1 aliphatic rings. The summed E-state index contributed by atoms with van der Waals surface area (Å²) in [5.41, 5.74) is 10.1. The molecule has 2 aromatic carbocycles. The van der Waals surface area contributed by atoms with E-state index in [1.807, 2.05) is 31.2 Å². The number of thiazole rings is 1. The van der Waals surface area contributed by atoms with Crippen molar-refractivity contribution in [1.82, 2.24) is 4.98 Å². The summed E-state index contributed by atoms with van der Waals surface area (Å²) >= 11 is 7.49. The van der Waals surface area contributed by atoms with Crippen molar-refractivity contribution in [1.29, 1.82) is 0 Å². The largest absolute Gasteiger partial charge is 0.252 e. The molecule has 1 aliphatic carbocycles. The molecule has 1 N–H and O–H groups in total. The van der Waals surface area contributed by atoms with Gasteiger partial charge in [0, 0.05) is 16.0 Å². The molecular weight excluding hydrogens is 350 g/mol. The zero-order valence-electron chi connectivity index (χ0n) is 13.9. The molecule has 25 heavy (non-hydrogen) atoms. The summed E-state index contributed by atoms with van der Waals surface area (Å²) in [6.07, 6.45) is 3.66. The number of rotatable bonds is 4.